The number of carbonyl (C=O) groups excluding carboxylic acids is 1. The molecular weight excluding hydrogens is 422 g/mol. The summed E-state index contributed by atoms with van der Waals surface area (Å²) < 4.78 is 28.0. The first-order chi connectivity index (χ1) is 16.1. The SMILES string of the molecule is COc1ccc(NC(=O)c2cccc(C3CCc4c(cc(OC)c(OC)c4OC)O3)c2)cc1. The van der Waals surface area contributed by atoms with Gasteiger partial charge in [-0.1, -0.05) is 12.1 Å². The van der Waals surface area contributed by atoms with Gasteiger partial charge in [-0.2, -0.15) is 0 Å². The van der Waals surface area contributed by atoms with Crippen LogP contribution in [0.4, 0.5) is 5.69 Å². The average Bonchev–Trinajstić information content (AvgIpc) is 2.87. The lowest BCUT2D eigenvalue weighted by atomic mass is 9.95. The molecule has 0 fully saturated rings. The number of ether oxygens (including phenoxy) is 5. The van der Waals surface area contributed by atoms with Crippen LogP contribution in [0.1, 0.15) is 34.0 Å². The van der Waals surface area contributed by atoms with Crippen molar-refractivity contribution in [1.29, 1.82) is 0 Å². The molecule has 33 heavy (non-hydrogen) atoms. The van der Waals surface area contributed by atoms with Gasteiger partial charge in [0.2, 0.25) is 5.75 Å². The molecule has 1 aliphatic rings. The maximum Gasteiger partial charge on any atom is 0.255 e. The minimum absolute atomic E-state index is 0.189. The van der Waals surface area contributed by atoms with E-state index in [4.69, 9.17) is 23.7 Å². The van der Waals surface area contributed by atoms with Gasteiger partial charge < -0.3 is 29.0 Å². The Kier molecular flexibility index (Phi) is 6.58. The molecular formula is C26H27NO6. The van der Waals surface area contributed by atoms with Gasteiger partial charge in [-0.25, -0.2) is 0 Å². The fourth-order valence-corrected chi connectivity index (χ4v) is 4.02. The van der Waals surface area contributed by atoms with E-state index in [2.05, 4.69) is 5.32 Å². The smallest absolute Gasteiger partial charge is 0.255 e. The Morgan fingerprint density at radius 3 is 2.33 bits per heavy atom. The molecule has 1 atom stereocenters. The molecule has 4 rings (SSSR count). The Hall–Kier alpha value is -3.87. The second-order valence-corrected chi connectivity index (χ2v) is 7.58. The number of hydrogen-bond donors (Lipinski definition) is 1. The molecule has 7 heteroatoms. The second-order valence-electron chi connectivity index (χ2n) is 7.58. The molecule has 172 valence electrons. The van der Waals surface area contributed by atoms with Gasteiger partial charge in [-0.3, -0.25) is 4.79 Å². The van der Waals surface area contributed by atoms with Gasteiger partial charge in [-0.05, 0) is 54.8 Å². The van der Waals surface area contributed by atoms with Gasteiger partial charge in [0.1, 0.15) is 17.6 Å². The van der Waals surface area contributed by atoms with E-state index in [9.17, 15) is 4.79 Å². The molecule has 3 aromatic carbocycles. The number of nitrogens with one attached hydrogen (secondary N) is 1. The van der Waals surface area contributed by atoms with Crippen LogP contribution < -0.4 is 29.0 Å². The quantitative estimate of drug-likeness (QED) is 0.545. The van der Waals surface area contributed by atoms with Crippen molar-refractivity contribution in [1.82, 2.24) is 0 Å². The highest BCUT2D eigenvalue weighted by Crippen LogP contribution is 2.49. The van der Waals surface area contributed by atoms with Crippen LogP contribution in [0, 0.1) is 0 Å². The topological polar surface area (TPSA) is 75.3 Å². The summed E-state index contributed by atoms with van der Waals surface area (Å²) in [5.74, 6) is 2.95. The molecule has 0 bridgehead atoms. The van der Waals surface area contributed by atoms with E-state index in [1.54, 1.807) is 58.8 Å². The summed E-state index contributed by atoms with van der Waals surface area (Å²) in [4.78, 5) is 12.8. The van der Waals surface area contributed by atoms with Crippen LogP contribution in [-0.4, -0.2) is 34.3 Å². The van der Waals surface area contributed by atoms with Crippen LogP contribution >= 0.6 is 0 Å². The molecule has 0 radical (unpaired) electrons. The van der Waals surface area contributed by atoms with E-state index in [-0.39, 0.29) is 12.0 Å². The van der Waals surface area contributed by atoms with Gasteiger partial charge >= 0.3 is 0 Å². The van der Waals surface area contributed by atoms with Crippen molar-refractivity contribution in [3.05, 3.63) is 71.3 Å². The van der Waals surface area contributed by atoms with E-state index >= 15 is 0 Å². The van der Waals surface area contributed by atoms with Crippen molar-refractivity contribution in [2.75, 3.05) is 33.8 Å². The Morgan fingerprint density at radius 2 is 1.67 bits per heavy atom. The standard InChI is InChI=1S/C26H27NO6/c1-29-19-10-8-18(9-11-19)27-26(28)17-7-5-6-16(14-17)21-13-12-20-22(33-21)15-23(30-2)25(32-4)24(20)31-3/h5-11,14-15,21H,12-13H2,1-4H3,(H,27,28). The lowest BCUT2D eigenvalue weighted by Crippen LogP contribution is -2.18. The minimum atomic E-state index is -0.200. The van der Waals surface area contributed by atoms with Gasteiger partial charge in [0.05, 0.1) is 28.4 Å². The highest BCUT2D eigenvalue weighted by Gasteiger charge is 2.29. The first kappa shape index (κ1) is 22.3. The Labute approximate surface area is 193 Å². The third-order valence-electron chi connectivity index (χ3n) is 5.69. The van der Waals surface area contributed by atoms with Gasteiger partial charge in [-0.15, -0.1) is 0 Å². The molecule has 0 spiro atoms. The highest BCUT2D eigenvalue weighted by molar-refractivity contribution is 6.04. The molecule has 1 aliphatic heterocycles. The van der Waals surface area contributed by atoms with Crippen LogP contribution in [0.5, 0.6) is 28.7 Å². The van der Waals surface area contributed by atoms with Crippen LogP contribution in [-0.2, 0) is 6.42 Å². The Balaban J connectivity index is 1.55. The van der Waals surface area contributed by atoms with Crippen molar-refractivity contribution in [2.24, 2.45) is 0 Å². The largest absolute Gasteiger partial charge is 0.497 e. The number of amides is 1. The summed E-state index contributed by atoms with van der Waals surface area (Å²) in [7, 11) is 6.37. The molecule has 1 amide bonds. The summed E-state index contributed by atoms with van der Waals surface area (Å²) in [6.45, 7) is 0. The van der Waals surface area contributed by atoms with Gasteiger partial charge in [0.25, 0.3) is 5.91 Å². The number of anilines is 1. The predicted molar refractivity (Wildman–Crippen MR) is 125 cm³/mol. The molecule has 0 aromatic heterocycles. The zero-order chi connectivity index (χ0) is 23.4. The summed E-state index contributed by atoms with van der Waals surface area (Å²) in [6, 6.07) is 16.5. The van der Waals surface area contributed by atoms with Crippen molar-refractivity contribution < 1.29 is 28.5 Å². The number of rotatable bonds is 7. The van der Waals surface area contributed by atoms with Crippen LogP contribution in [0.2, 0.25) is 0 Å². The lowest BCUT2D eigenvalue weighted by Gasteiger charge is -2.29. The van der Waals surface area contributed by atoms with Crippen molar-refractivity contribution in [2.45, 2.75) is 18.9 Å². The van der Waals surface area contributed by atoms with Crippen molar-refractivity contribution in [3.63, 3.8) is 0 Å². The fourth-order valence-electron chi connectivity index (χ4n) is 4.02. The summed E-state index contributed by atoms with van der Waals surface area (Å²) >= 11 is 0. The number of benzene rings is 3. The van der Waals surface area contributed by atoms with Crippen LogP contribution in [0.25, 0.3) is 0 Å². The Morgan fingerprint density at radius 1 is 0.909 bits per heavy atom. The number of hydrogen-bond acceptors (Lipinski definition) is 6. The summed E-state index contributed by atoms with van der Waals surface area (Å²) in [6.07, 6.45) is 1.28. The predicted octanol–water partition coefficient (Wildman–Crippen LogP) is 5.04. The molecule has 1 N–H and O–H groups in total. The second kappa shape index (κ2) is 9.73. The first-order valence-corrected chi connectivity index (χ1v) is 10.6. The van der Waals surface area contributed by atoms with Crippen LogP contribution in [0.3, 0.4) is 0 Å². The van der Waals surface area contributed by atoms with E-state index in [1.165, 1.54) is 0 Å². The maximum atomic E-state index is 12.8. The van der Waals surface area contributed by atoms with E-state index in [1.807, 2.05) is 24.3 Å². The Bertz CT molecular complexity index is 1140. The zero-order valence-electron chi connectivity index (χ0n) is 19.1. The minimum Gasteiger partial charge on any atom is -0.497 e. The van der Waals surface area contributed by atoms with Gasteiger partial charge in [0.15, 0.2) is 11.5 Å². The number of fused-ring (bicyclic) bond motifs is 1. The van der Waals surface area contributed by atoms with Crippen molar-refractivity contribution >= 4 is 11.6 Å². The molecule has 3 aromatic rings. The molecule has 7 nitrogen and oxygen atoms in total. The lowest BCUT2D eigenvalue weighted by molar-refractivity contribution is 0.102. The van der Waals surface area contributed by atoms with Crippen molar-refractivity contribution in [3.8, 4) is 28.7 Å². The van der Waals surface area contributed by atoms with Gasteiger partial charge in [0, 0.05) is 22.9 Å². The normalized spacial score (nSPS) is 14.5. The maximum absolute atomic E-state index is 12.8. The molecule has 0 saturated heterocycles. The molecule has 0 aliphatic carbocycles. The van der Waals surface area contributed by atoms with E-state index in [0.29, 0.717) is 34.2 Å². The first-order valence-electron chi connectivity index (χ1n) is 10.6. The molecule has 1 heterocycles. The molecule has 0 saturated carbocycles. The number of carbonyl (C=O) groups is 1. The summed E-state index contributed by atoms with van der Waals surface area (Å²) in [5.41, 5.74) is 3.13. The monoisotopic (exact) mass is 449 g/mol. The zero-order valence-corrected chi connectivity index (χ0v) is 19.1. The third kappa shape index (κ3) is 4.53. The average molecular weight is 450 g/mol. The fraction of sp³-hybridized carbons (Fsp3) is 0.269. The van der Waals surface area contributed by atoms with E-state index < -0.39 is 0 Å². The number of methoxy groups -OCH3 is 4. The summed E-state index contributed by atoms with van der Waals surface area (Å²) in [5, 5.41) is 2.92. The van der Waals surface area contributed by atoms with E-state index in [0.717, 1.165) is 29.7 Å². The highest BCUT2D eigenvalue weighted by atomic mass is 16.5. The van der Waals surface area contributed by atoms with Crippen LogP contribution in [0.15, 0.2) is 54.6 Å². The third-order valence-corrected chi connectivity index (χ3v) is 5.69. The molecule has 1 unspecified atom stereocenters.